The molecule has 2 amide bonds. The molecule has 35 heavy (non-hydrogen) atoms. The number of carbonyl (C=O) groups is 3. The summed E-state index contributed by atoms with van der Waals surface area (Å²) >= 11 is 0. The molecule has 1 rings (SSSR count). The molecule has 0 heterocycles. The molecule has 1 aromatic rings. The van der Waals surface area contributed by atoms with Crippen molar-refractivity contribution in [2.24, 2.45) is 11.3 Å². The van der Waals surface area contributed by atoms with Gasteiger partial charge in [-0.05, 0) is 35.4 Å². The Hall–Kier alpha value is -2.42. The molecule has 0 aliphatic carbocycles. The Morgan fingerprint density at radius 2 is 1.74 bits per heavy atom. The van der Waals surface area contributed by atoms with Gasteiger partial charge in [-0.3, -0.25) is 9.59 Å². The topological polar surface area (TPSA) is 122 Å². The number of hydrogen-bond donors (Lipinski definition) is 3. The SMILES string of the molecule is COc1ccc([C@@H](CC(C)C)C(=O)NC(=C=O)CSSC[C@H](NC(=O)CC(C)(C)C)C(=O)O)cc1. The van der Waals surface area contributed by atoms with Gasteiger partial charge in [0.1, 0.15) is 23.4 Å². The lowest BCUT2D eigenvalue weighted by atomic mass is 9.89. The third kappa shape index (κ3) is 12.2. The Morgan fingerprint density at radius 3 is 2.23 bits per heavy atom. The fourth-order valence-corrected chi connectivity index (χ4v) is 5.24. The van der Waals surface area contributed by atoms with E-state index in [0.717, 1.165) is 5.56 Å². The van der Waals surface area contributed by atoms with Crippen LogP contribution in [0, 0.1) is 11.3 Å². The highest BCUT2D eigenvalue weighted by atomic mass is 33.1. The lowest BCUT2D eigenvalue weighted by molar-refractivity contribution is -0.141. The highest BCUT2D eigenvalue weighted by Crippen LogP contribution is 2.28. The van der Waals surface area contributed by atoms with E-state index in [-0.39, 0.29) is 46.8 Å². The second-order valence-electron chi connectivity index (χ2n) is 9.77. The molecule has 0 aliphatic heterocycles. The van der Waals surface area contributed by atoms with Crippen molar-refractivity contribution in [3.8, 4) is 5.75 Å². The Kier molecular flexibility index (Phi) is 13.0. The minimum atomic E-state index is -1.13. The fraction of sp³-hybridized carbons (Fsp3) is 0.560. The van der Waals surface area contributed by atoms with Crippen molar-refractivity contribution in [3.05, 3.63) is 35.5 Å². The van der Waals surface area contributed by atoms with Crippen LogP contribution in [-0.2, 0) is 19.2 Å². The first-order valence-electron chi connectivity index (χ1n) is 11.3. The number of carboxylic acid groups (broad SMARTS) is 1. The van der Waals surface area contributed by atoms with Crippen LogP contribution in [0.1, 0.15) is 58.9 Å². The Balaban J connectivity index is 2.67. The monoisotopic (exact) mass is 524 g/mol. The first-order chi connectivity index (χ1) is 16.4. The maximum absolute atomic E-state index is 13.0. The van der Waals surface area contributed by atoms with Gasteiger partial charge in [-0.1, -0.05) is 68.3 Å². The quantitative estimate of drug-likeness (QED) is 0.189. The number of amides is 2. The second-order valence-corrected chi connectivity index (χ2v) is 12.3. The van der Waals surface area contributed by atoms with E-state index in [4.69, 9.17) is 4.74 Å². The molecule has 0 bridgehead atoms. The molecule has 0 aliphatic rings. The van der Waals surface area contributed by atoms with Gasteiger partial charge in [-0.25, -0.2) is 9.59 Å². The average molecular weight is 525 g/mol. The predicted octanol–water partition coefficient (Wildman–Crippen LogP) is 4.04. The summed E-state index contributed by atoms with van der Waals surface area (Å²) in [6, 6.07) is 6.20. The van der Waals surface area contributed by atoms with Gasteiger partial charge in [0.25, 0.3) is 0 Å². The summed E-state index contributed by atoms with van der Waals surface area (Å²) in [5, 5.41) is 14.6. The van der Waals surface area contributed by atoms with E-state index < -0.39 is 17.9 Å². The molecule has 8 nitrogen and oxygen atoms in total. The molecule has 0 aromatic heterocycles. The maximum Gasteiger partial charge on any atom is 0.327 e. The van der Waals surface area contributed by atoms with Gasteiger partial charge in [0.05, 0.1) is 18.8 Å². The highest BCUT2D eigenvalue weighted by Gasteiger charge is 2.25. The lowest BCUT2D eigenvalue weighted by Gasteiger charge is -2.20. The summed E-state index contributed by atoms with van der Waals surface area (Å²) in [6.07, 6.45) is 0.811. The number of nitrogens with one attached hydrogen (secondary N) is 2. The van der Waals surface area contributed by atoms with Crippen molar-refractivity contribution in [2.45, 2.75) is 59.4 Å². The summed E-state index contributed by atoms with van der Waals surface area (Å²) in [7, 11) is 3.98. The highest BCUT2D eigenvalue weighted by molar-refractivity contribution is 8.76. The van der Waals surface area contributed by atoms with E-state index in [1.165, 1.54) is 21.6 Å². The molecule has 0 radical (unpaired) electrons. The Labute approximate surface area is 215 Å². The number of hydrogen-bond acceptors (Lipinski definition) is 7. The van der Waals surface area contributed by atoms with Gasteiger partial charge in [0.2, 0.25) is 11.8 Å². The second kappa shape index (κ2) is 14.9. The summed E-state index contributed by atoms with van der Waals surface area (Å²) in [4.78, 5) is 48.0. The summed E-state index contributed by atoms with van der Waals surface area (Å²) < 4.78 is 5.18. The number of aliphatic carboxylic acids is 1. The Morgan fingerprint density at radius 1 is 1.11 bits per heavy atom. The number of carboxylic acids is 1. The van der Waals surface area contributed by atoms with Gasteiger partial charge >= 0.3 is 5.97 Å². The smallest absolute Gasteiger partial charge is 0.327 e. The normalized spacial score (nSPS) is 12.9. The molecule has 3 N–H and O–H groups in total. The van der Waals surface area contributed by atoms with Gasteiger partial charge < -0.3 is 20.5 Å². The van der Waals surface area contributed by atoms with Crippen LogP contribution >= 0.6 is 21.6 Å². The van der Waals surface area contributed by atoms with E-state index in [0.29, 0.717) is 12.2 Å². The van der Waals surface area contributed by atoms with E-state index in [1.807, 2.05) is 46.8 Å². The van der Waals surface area contributed by atoms with Gasteiger partial charge in [0.15, 0.2) is 0 Å². The minimum absolute atomic E-state index is 0.0819. The fourth-order valence-electron chi connectivity index (χ4n) is 3.15. The zero-order valence-electron chi connectivity index (χ0n) is 21.2. The number of methoxy groups -OCH3 is 1. The van der Waals surface area contributed by atoms with E-state index in [2.05, 4.69) is 10.6 Å². The standard InChI is InChI=1S/C25H36N2O6S2/c1-16(2)11-20(17-7-9-19(33-6)10-8-17)23(30)26-18(13-28)14-34-35-15-21(24(31)32)27-22(29)12-25(3,4)5/h7-10,16,20-21H,11-12,14-15H2,1-6H3,(H,26,30)(H,27,29)(H,31,32)/t20-,21+/m1/s1. The third-order valence-corrected chi connectivity index (χ3v) is 7.09. The molecule has 1 aromatic carbocycles. The minimum Gasteiger partial charge on any atom is -0.497 e. The molecule has 10 heteroatoms. The third-order valence-electron chi connectivity index (χ3n) is 4.78. The number of carbonyl (C=O) groups excluding carboxylic acids is 3. The summed E-state index contributed by atoms with van der Waals surface area (Å²) in [5.41, 5.74) is 0.647. The molecular weight excluding hydrogens is 488 g/mol. The number of rotatable bonds is 14. The van der Waals surface area contributed by atoms with Gasteiger partial charge in [-0.15, -0.1) is 0 Å². The van der Waals surface area contributed by atoms with Crippen LogP contribution in [0.15, 0.2) is 30.0 Å². The zero-order valence-corrected chi connectivity index (χ0v) is 22.8. The van der Waals surface area contributed by atoms with Gasteiger partial charge in [-0.2, -0.15) is 0 Å². The molecule has 0 fully saturated rings. The molecule has 0 saturated carbocycles. The zero-order chi connectivity index (χ0) is 26.6. The van der Waals surface area contributed by atoms with Crippen molar-refractivity contribution in [2.75, 3.05) is 18.6 Å². The van der Waals surface area contributed by atoms with Gasteiger partial charge in [0, 0.05) is 12.2 Å². The van der Waals surface area contributed by atoms with E-state index >= 15 is 0 Å². The van der Waals surface area contributed by atoms with E-state index in [1.54, 1.807) is 25.2 Å². The molecule has 0 spiro atoms. The van der Waals surface area contributed by atoms with E-state index in [9.17, 15) is 24.3 Å². The summed E-state index contributed by atoms with van der Waals surface area (Å²) in [6.45, 7) is 9.73. The molecule has 0 saturated heterocycles. The molecule has 2 atom stereocenters. The van der Waals surface area contributed by atoms with Crippen molar-refractivity contribution >= 4 is 45.3 Å². The van der Waals surface area contributed by atoms with Crippen LogP contribution in [-0.4, -0.2) is 53.5 Å². The Bertz CT molecular complexity index is 906. The summed E-state index contributed by atoms with van der Waals surface area (Å²) in [5.74, 6) is 0.758. The van der Waals surface area contributed by atoms with Crippen LogP contribution in [0.4, 0.5) is 0 Å². The predicted molar refractivity (Wildman–Crippen MR) is 141 cm³/mol. The van der Waals surface area contributed by atoms with Crippen LogP contribution in [0.3, 0.4) is 0 Å². The number of benzene rings is 1. The average Bonchev–Trinajstić information content (AvgIpc) is 2.77. The largest absolute Gasteiger partial charge is 0.497 e. The van der Waals surface area contributed by atoms with Crippen molar-refractivity contribution in [1.29, 1.82) is 0 Å². The number of ether oxygens (including phenoxy) is 1. The maximum atomic E-state index is 13.0. The van der Waals surface area contributed by atoms with Crippen molar-refractivity contribution < 1.29 is 29.0 Å². The molecule has 194 valence electrons. The van der Waals surface area contributed by atoms with Crippen LogP contribution < -0.4 is 15.4 Å². The van der Waals surface area contributed by atoms with Crippen LogP contribution in [0.25, 0.3) is 0 Å². The first-order valence-corrected chi connectivity index (χ1v) is 13.8. The van der Waals surface area contributed by atoms with Crippen molar-refractivity contribution in [1.82, 2.24) is 10.6 Å². The van der Waals surface area contributed by atoms with Crippen molar-refractivity contribution in [3.63, 3.8) is 0 Å². The van der Waals surface area contributed by atoms with Crippen LogP contribution in [0.2, 0.25) is 0 Å². The van der Waals surface area contributed by atoms with Crippen LogP contribution in [0.5, 0.6) is 5.75 Å². The lowest BCUT2D eigenvalue weighted by Crippen LogP contribution is -2.43. The molecule has 0 unspecified atom stereocenters. The first kappa shape index (κ1) is 30.6. The molecular formula is C25H36N2O6S2.